The van der Waals surface area contributed by atoms with Crippen molar-refractivity contribution in [2.45, 2.75) is 31.9 Å². The van der Waals surface area contributed by atoms with Gasteiger partial charge in [0.2, 0.25) is 10.0 Å². The van der Waals surface area contributed by atoms with E-state index in [0.29, 0.717) is 12.1 Å². The molecule has 1 atom stereocenters. The van der Waals surface area contributed by atoms with Gasteiger partial charge in [0.25, 0.3) is 0 Å². The summed E-state index contributed by atoms with van der Waals surface area (Å²) in [5.74, 6) is 0.0912. The fourth-order valence-electron chi connectivity index (χ4n) is 2.27. The molecule has 1 N–H and O–H groups in total. The van der Waals surface area contributed by atoms with Gasteiger partial charge in [-0.1, -0.05) is 43.3 Å². The third-order valence-electron chi connectivity index (χ3n) is 4.04. The Kier molecular flexibility index (Phi) is 5.76. The Morgan fingerprint density at radius 1 is 0.958 bits per heavy atom. The van der Waals surface area contributed by atoms with Gasteiger partial charge in [0.15, 0.2) is 0 Å². The summed E-state index contributed by atoms with van der Waals surface area (Å²) >= 11 is 0. The lowest BCUT2D eigenvalue weighted by molar-refractivity contribution is 0.566. The van der Waals surface area contributed by atoms with Crippen molar-refractivity contribution < 1.29 is 8.42 Å². The minimum absolute atomic E-state index is 0.0912. The zero-order valence-corrected chi connectivity index (χ0v) is 15.0. The van der Waals surface area contributed by atoms with Gasteiger partial charge in [0, 0.05) is 6.54 Å². The topological polar surface area (TPSA) is 70.0 Å². The van der Waals surface area contributed by atoms with Gasteiger partial charge >= 0.3 is 0 Å². The lowest BCUT2D eigenvalue weighted by Crippen LogP contribution is -2.33. The van der Waals surface area contributed by atoms with Crippen LogP contribution in [0.15, 0.2) is 48.5 Å². The van der Waals surface area contributed by atoms with Crippen LogP contribution in [0.25, 0.3) is 11.1 Å². The summed E-state index contributed by atoms with van der Waals surface area (Å²) in [7, 11) is -3.24. The van der Waals surface area contributed by atoms with E-state index in [0.717, 1.165) is 16.7 Å². The summed E-state index contributed by atoms with van der Waals surface area (Å²) in [5.41, 5.74) is 3.84. The second kappa shape index (κ2) is 7.61. The second-order valence-corrected chi connectivity index (χ2v) is 8.48. The lowest BCUT2D eigenvalue weighted by Gasteiger charge is -2.15. The highest BCUT2D eigenvalue weighted by atomic mass is 32.2. The van der Waals surface area contributed by atoms with E-state index in [4.69, 9.17) is 5.26 Å². The number of nitrogens with one attached hydrogen (secondary N) is 1. The molecule has 0 unspecified atom stereocenters. The summed E-state index contributed by atoms with van der Waals surface area (Å²) in [6.45, 7) is 5.72. The fraction of sp³-hybridized carbons (Fsp3) is 0.316. The molecular weight excluding hydrogens is 320 g/mol. The number of nitrogens with zero attached hydrogens (tertiary/aromatic N) is 1. The van der Waals surface area contributed by atoms with E-state index in [-0.39, 0.29) is 5.92 Å². The van der Waals surface area contributed by atoms with Gasteiger partial charge in [-0.05, 0) is 48.6 Å². The summed E-state index contributed by atoms with van der Waals surface area (Å²) in [6, 6.07) is 17.6. The molecule has 2 aromatic rings. The van der Waals surface area contributed by atoms with Crippen LogP contribution < -0.4 is 4.72 Å². The molecule has 0 aliphatic heterocycles. The highest BCUT2D eigenvalue weighted by Gasteiger charge is 2.17. The van der Waals surface area contributed by atoms with Crippen LogP contribution >= 0.6 is 0 Å². The Labute approximate surface area is 144 Å². The van der Waals surface area contributed by atoms with E-state index in [9.17, 15) is 8.42 Å². The summed E-state index contributed by atoms with van der Waals surface area (Å²) in [4.78, 5) is 0. The number of benzene rings is 2. The number of sulfonamides is 1. The smallest absolute Gasteiger partial charge is 0.213 e. The van der Waals surface area contributed by atoms with Crippen molar-refractivity contribution in [1.82, 2.24) is 4.72 Å². The first-order valence-electron chi connectivity index (χ1n) is 7.92. The van der Waals surface area contributed by atoms with Gasteiger partial charge in [-0.15, -0.1) is 0 Å². The number of rotatable bonds is 6. The quantitative estimate of drug-likeness (QED) is 0.871. The highest BCUT2D eigenvalue weighted by molar-refractivity contribution is 7.90. The first-order valence-corrected chi connectivity index (χ1v) is 9.47. The fourth-order valence-corrected chi connectivity index (χ4v) is 3.08. The van der Waals surface area contributed by atoms with Gasteiger partial charge in [-0.3, -0.25) is 0 Å². The second-order valence-electron chi connectivity index (χ2n) is 6.15. The van der Waals surface area contributed by atoms with Crippen LogP contribution in [0.5, 0.6) is 0 Å². The molecule has 2 rings (SSSR count). The van der Waals surface area contributed by atoms with Crippen molar-refractivity contribution in [1.29, 1.82) is 5.26 Å². The van der Waals surface area contributed by atoms with Gasteiger partial charge in [0.05, 0.1) is 16.9 Å². The molecule has 2 aromatic carbocycles. The first-order chi connectivity index (χ1) is 11.3. The van der Waals surface area contributed by atoms with Crippen LogP contribution in [0.2, 0.25) is 0 Å². The summed E-state index contributed by atoms with van der Waals surface area (Å²) in [5, 5.41) is 8.41. The van der Waals surface area contributed by atoms with Crippen LogP contribution in [0, 0.1) is 11.3 Å². The maximum absolute atomic E-state index is 11.8. The molecule has 4 nitrogen and oxygen atoms in total. The summed E-state index contributed by atoms with van der Waals surface area (Å²) in [6.07, 6.45) is 0. The molecule has 0 bridgehead atoms. The van der Waals surface area contributed by atoms with Gasteiger partial charge in [-0.2, -0.15) is 5.26 Å². The first kappa shape index (κ1) is 18.2. The van der Waals surface area contributed by atoms with E-state index >= 15 is 0 Å². The predicted octanol–water partition coefficient (Wildman–Crippen LogP) is 3.66. The number of nitriles is 1. The van der Waals surface area contributed by atoms with Crippen LogP contribution in [0.4, 0.5) is 0 Å². The standard InChI is InChI=1S/C19H22N2O2S/c1-14(2)24(22,23)21-13-15(3)17-8-10-19(11-9-17)18-6-4-16(12-20)5-7-18/h4-11,14-15,21H,13H2,1-3H3/t15-/m1/s1. The number of hydrogen-bond donors (Lipinski definition) is 1. The maximum Gasteiger partial charge on any atom is 0.213 e. The minimum Gasteiger partial charge on any atom is -0.214 e. The molecule has 0 radical (unpaired) electrons. The zero-order chi connectivity index (χ0) is 17.7. The SMILES string of the molecule is CC(C)S(=O)(=O)NC[C@@H](C)c1ccc(-c2ccc(C#N)cc2)cc1. The molecule has 0 fully saturated rings. The third kappa shape index (κ3) is 4.44. The van der Waals surface area contributed by atoms with Gasteiger partial charge in [-0.25, -0.2) is 13.1 Å². The van der Waals surface area contributed by atoms with Crippen molar-refractivity contribution in [3.05, 3.63) is 59.7 Å². The van der Waals surface area contributed by atoms with Crippen molar-refractivity contribution in [3.8, 4) is 17.2 Å². The van der Waals surface area contributed by atoms with Crippen LogP contribution in [0.3, 0.4) is 0 Å². The minimum atomic E-state index is -3.24. The molecule has 0 saturated carbocycles. The van der Waals surface area contributed by atoms with E-state index in [2.05, 4.69) is 10.8 Å². The molecule has 0 saturated heterocycles. The van der Waals surface area contributed by atoms with Crippen molar-refractivity contribution in [2.24, 2.45) is 0 Å². The zero-order valence-electron chi connectivity index (χ0n) is 14.2. The molecule has 0 spiro atoms. The van der Waals surface area contributed by atoms with Crippen LogP contribution in [-0.4, -0.2) is 20.2 Å². The molecule has 0 amide bonds. The molecule has 5 heteroatoms. The van der Waals surface area contributed by atoms with Crippen LogP contribution in [-0.2, 0) is 10.0 Å². The van der Waals surface area contributed by atoms with Crippen LogP contribution in [0.1, 0.15) is 37.8 Å². The van der Waals surface area contributed by atoms with E-state index in [1.54, 1.807) is 26.0 Å². The Morgan fingerprint density at radius 3 is 1.92 bits per heavy atom. The predicted molar refractivity (Wildman–Crippen MR) is 97.1 cm³/mol. The summed E-state index contributed by atoms with van der Waals surface area (Å²) < 4.78 is 26.3. The highest BCUT2D eigenvalue weighted by Crippen LogP contribution is 2.23. The molecule has 0 heterocycles. The van der Waals surface area contributed by atoms with Crippen molar-refractivity contribution >= 4 is 10.0 Å². The average Bonchev–Trinajstić information content (AvgIpc) is 2.60. The molecular formula is C19H22N2O2S. The van der Waals surface area contributed by atoms with Gasteiger partial charge < -0.3 is 0 Å². The normalized spacial score (nSPS) is 12.8. The van der Waals surface area contributed by atoms with Crippen molar-refractivity contribution in [2.75, 3.05) is 6.54 Å². The maximum atomic E-state index is 11.8. The van der Waals surface area contributed by atoms with Crippen molar-refractivity contribution in [3.63, 3.8) is 0 Å². The molecule has 0 aromatic heterocycles. The van der Waals surface area contributed by atoms with E-state index < -0.39 is 15.3 Å². The Balaban J connectivity index is 2.07. The largest absolute Gasteiger partial charge is 0.214 e. The Bertz CT molecular complexity index is 817. The van der Waals surface area contributed by atoms with E-state index in [1.807, 2.05) is 43.3 Å². The third-order valence-corrected chi connectivity index (χ3v) is 5.85. The molecule has 24 heavy (non-hydrogen) atoms. The number of hydrogen-bond acceptors (Lipinski definition) is 3. The molecule has 0 aliphatic rings. The Morgan fingerprint density at radius 2 is 1.46 bits per heavy atom. The lowest BCUT2D eigenvalue weighted by atomic mass is 9.97. The Hall–Kier alpha value is -2.16. The monoisotopic (exact) mass is 342 g/mol. The molecule has 0 aliphatic carbocycles. The molecule has 126 valence electrons. The average molecular weight is 342 g/mol. The van der Waals surface area contributed by atoms with Gasteiger partial charge in [0.1, 0.15) is 0 Å². The van der Waals surface area contributed by atoms with E-state index in [1.165, 1.54) is 0 Å².